The van der Waals surface area contributed by atoms with Gasteiger partial charge in [-0.1, -0.05) is 6.92 Å². The lowest BCUT2D eigenvalue weighted by atomic mass is 10.1. The Morgan fingerprint density at radius 2 is 2.40 bits per heavy atom. The highest BCUT2D eigenvalue weighted by Crippen LogP contribution is 2.19. The Hall–Kier alpha value is -0.780. The van der Waals surface area contributed by atoms with Gasteiger partial charge in [-0.15, -0.1) is 22.7 Å². The molecule has 0 aromatic carbocycles. The summed E-state index contributed by atoms with van der Waals surface area (Å²) in [6.07, 6.45) is 2.78. The van der Waals surface area contributed by atoms with Crippen molar-refractivity contribution in [1.82, 2.24) is 15.3 Å². The van der Waals surface area contributed by atoms with Crippen molar-refractivity contribution in [3.05, 3.63) is 33.2 Å². The molecule has 15 heavy (non-hydrogen) atoms. The molecule has 1 N–H and O–H groups in total. The summed E-state index contributed by atoms with van der Waals surface area (Å²) < 4.78 is 0. The zero-order valence-electron chi connectivity index (χ0n) is 8.51. The number of aromatic nitrogens is 2. The van der Waals surface area contributed by atoms with Crippen molar-refractivity contribution in [2.75, 3.05) is 6.54 Å². The molecule has 1 atom stereocenters. The van der Waals surface area contributed by atoms with Crippen LogP contribution in [0.1, 0.15) is 23.7 Å². The van der Waals surface area contributed by atoms with Gasteiger partial charge in [-0.05, 0) is 6.54 Å². The van der Waals surface area contributed by atoms with Crippen LogP contribution in [0.3, 0.4) is 0 Å². The van der Waals surface area contributed by atoms with Gasteiger partial charge in [0.1, 0.15) is 0 Å². The van der Waals surface area contributed by atoms with Crippen LogP contribution in [0, 0.1) is 0 Å². The van der Waals surface area contributed by atoms with Crippen LogP contribution in [0.2, 0.25) is 0 Å². The maximum atomic E-state index is 4.35. The van der Waals surface area contributed by atoms with Crippen LogP contribution in [0.25, 0.3) is 0 Å². The van der Waals surface area contributed by atoms with Crippen LogP contribution in [-0.2, 0) is 6.42 Å². The van der Waals surface area contributed by atoms with Gasteiger partial charge in [-0.25, -0.2) is 9.97 Å². The number of thiazole rings is 2. The predicted molar refractivity (Wildman–Crippen MR) is 64.3 cm³/mol. The number of nitrogens with zero attached hydrogens (tertiary/aromatic N) is 2. The molecule has 2 aromatic heterocycles. The first-order chi connectivity index (χ1) is 7.40. The highest BCUT2D eigenvalue weighted by atomic mass is 32.1. The summed E-state index contributed by atoms with van der Waals surface area (Å²) in [7, 11) is 0. The van der Waals surface area contributed by atoms with Crippen LogP contribution in [0.4, 0.5) is 0 Å². The molecule has 0 saturated carbocycles. The van der Waals surface area contributed by atoms with E-state index >= 15 is 0 Å². The summed E-state index contributed by atoms with van der Waals surface area (Å²) >= 11 is 3.34. The van der Waals surface area contributed by atoms with Crippen molar-refractivity contribution in [2.45, 2.75) is 19.4 Å². The Bertz CT molecular complexity index is 369. The molecular formula is C10H13N3S2. The maximum absolute atomic E-state index is 4.35. The fraction of sp³-hybridized carbons (Fsp3) is 0.400. The van der Waals surface area contributed by atoms with Crippen molar-refractivity contribution < 1.29 is 0 Å². The second-order valence-corrected chi connectivity index (χ2v) is 4.85. The summed E-state index contributed by atoms with van der Waals surface area (Å²) in [5.74, 6) is 0. The molecule has 0 aliphatic heterocycles. The van der Waals surface area contributed by atoms with Gasteiger partial charge in [0.2, 0.25) is 0 Å². The van der Waals surface area contributed by atoms with Gasteiger partial charge < -0.3 is 5.32 Å². The number of nitrogens with one attached hydrogen (secondary N) is 1. The summed E-state index contributed by atoms with van der Waals surface area (Å²) in [5, 5.41) is 8.71. The van der Waals surface area contributed by atoms with Crippen LogP contribution >= 0.6 is 22.7 Å². The third-order valence-corrected chi connectivity index (χ3v) is 3.53. The Balaban J connectivity index is 2.07. The first-order valence-corrected chi connectivity index (χ1v) is 6.72. The SMILES string of the molecule is CCNC(Cc1nccs1)c1cscn1. The van der Waals surface area contributed by atoms with Gasteiger partial charge in [0.25, 0.3) is 0 Å². The Labute approximate surface area is 97.2 Å². The number of hydrogen-bond acceptors (Lipinski definition) is 5. The molecule has 0 spiro atoms. The molecule has 2 aromatic rings. The monoisotopic (exact) mass is 239 g/mol. The molecule has 2 rings (SSSR count). The van der Waals surface area contributed by atoms with E-state index in [1.54, 1.807) is 22.7 Å². The largest absolute Gasteiger partial charge is 0.309 e. The normalized spacial score (nSPS) is 12.9. The molecule has 80 valence electrons. The van der Waals surface area contributed by atoms with E-state index in [1.165, 1.54) is 0 Å². The molecule has 0 aliphatic carbocycles. The minimum Gasteiger partial charge on any atom is -0.309 e. The van der Waals surface area contributed by atoms with Gasteiger partial charge in [-0.2, -0.15) is 0 Å². The van der Waals surface area contributed by atoms with E-state index in [1.807, 2.05) is 17.1 Å². The summed E-state index contributed by atoms with van der Waals surface area (Å²) in [5.41, 5.74) is 3.00. The van der Waals surface area contributed by atoms with Crippen LogP contribution in [-0.4, -0.2) is 16.5 Å². The van der Waals surface area contributed by atoms with Gasteiger partial charge in [-0.3, -0.25) is 0 Å². The minimum absolute atomic E-state index is 0.299. The van der Waals surface area contributed by atoms with Crippen LogP contribution in [0.15, 0.2) is 22.5 Å². The fourth-order valence-corrected chi connectivity index (χ4v) is 2.72. The van der Waals surface area contributed by atoms with Crippen molar-refractivity contribution in [2.24, 2.45) is 0 Å². The molecule has 0 fully saturated rings. The Morgan fingerprint density at radius 1 is 1.47 bits per heavy atom. The lowest BCUT2D eigenvalue weighted by molar-refractivity contribution is 0.538. The van der Waals surface area contributed by atoms with E-state index < -0.39 is 0 Å². The third kappa shape index (κ3) is 2.84. The molecule has 0 aliphatic rings. The third-order valence-electron chi connectivity index (χ3n) is 2.12. The van der Waals surface area contributed by atoms with Crippen molar-refractivity contribution >= 4 is 22.7 Å². The minimum atomic E-state index is 0.299. The Kier molecular flexibility index (Phi) is 3.82. The standard InChI is InChI=1S/C10H13N3S2/c1-2-11-8(9-6-14-7-13-9)5-10-12-3-4-15-10/h3-4,6-8,11H,2,5H2,1H3. The molecule has 0 radical (unpaired) electrons. The van der Waals surface area contributed by atoms with E-state index in [9.17, 15) is 0 Å². The average molecular weight is 239 g/mol. The predicted octanol–water partition coefficient (Wildman–Crippen LogP) is 2.49. The van der Waals surface area contributed by atoms with Crippen molar-refractivity contribution in [3.63, 3.8) is 0 Å². The number of likely N-dealkylation sites (N-methyl/N-ethyl adjacent to an activating group) is 1. The second kappa shape index (κ2) is 5.34. The molecule has 1 unspecified atom stereocenters. The molecule has 2 heterocycles. The van der Waals surface area contributed by atoms with Gasteiger partial charge in [0.15, 0.2) is 0 Å². The fourth-order valence-electron chi connectivity index (χ4n) is 1.45. The quantitative estimate of drug-likeness (QED) is 0.871. The average Bonchev–Trinajstić information content (AvgIpc) is 2.89. The summed E-state index contributed by atoms with van der Waals surface area (Å²) in [6, 6.07) is 0.299. The van der Waals surface area contributed by atoms with Gasteiger partial charge >= 0.3 is 0 Å². The van der Waals surface area contributed by atoms with Crippen molar-refractivity contribution in [1.29, 1.82) is 0 Å². The molecule has 3 nitrogen and oxygen atoms in total. The van der Waals surface area contributed by atoms with E-state index in [0.717, 1.165) is 23.7 Å². The first-order valence-electron chi connectivity index (χ1n) is 4.90. The van der Waals surface area contributed by atoms with E-state index in [-0.39, 0.29) is 0 Å². The summed E-state index contributed by atoms with van der Waals surface area (Å²) in [6.45, 7) is 3.06. The lowest BCUT2D eigenvalue weighted by Gasteiger charge is -2.13. The van der Waals surface area contributed by atoms with E-state index in [0.29, 0.717) is 6.04 Å². The topological polar surface area (TPSA) is 37.8 Å². The van der Waals surface area contributed by atoms with Gasteiger partial charge in [0.05, 0.1) is 22.3 Å². The van der Waals surface area contributed by atoms with E-state index in [2.05, 4.69) is 27.6 Å². The smallest absolute Gasteiger partial charge is 0.0944 e. The van der Waals surface area contributed by atoms with Gasteiger partial charge in [0, 0.05) is 23.4 Å². The van der Waals surface area contributed by atoms with E-state index in [4.69, 9.17) is 0 Å². The maximum Gasteiger partial charge on any atom is 0.0944 e. The molecule has 0 amide bonds. The highest BCUT2D eigenvalue weighted by Gasteiger charge is 2.13. The molecule has 0 bridgehead atoms. The zero-order valence-corrected chi connectivity index (χ0v) is 10.1. The highest BCUT2D eigenvalue weighted by molar-refractivity contribution is 7.09. The molecule has 0 saturated heterocycles. The first kappa shape index (κ1) is 10.7. The van der Waals surface area contributed by atoms with Crippen LogP contribution in [0.5, 0.6) is 0 Å². The number of hydrogen-bond donors (Lipinski definition) is 1. The molecular weight excluding hydrogens is 226 g/mol. The zero-order chi connectivity index (χ0) is 10.5. The Morgan fingerprint density at radius 3 is 3.00 bits per heavy atom. The second-order valence-electron chi connectivity index (χ2n) is 3.15. The lowest BCUT2D eigenvalue weighted by Crippen LogP contribution is -2.23. The van der Waals surface area contributed by atoms with Crippen LogP contribution < -0.4 is 5.32 Å². The molecule has 5 heteroatoms. The number of rotatable bonds is 5. The summed E-state index contributed by atoms with van der Waals surface area (Å²) in [4.78, 5) is 8.65. The van der Waals surface area contributed by atoms with Crippen molar-refractivity contribution in [3.8, 4) is 0 Å².